The second-order valence-electron chi connectivity index (χ2n) is 17.7. The molecule has 13 nitrogen and oxygen atoms in total. The maximum atomic E-state index is 14.5. The normalized spacial score (nSPS) is 18.8. The van der Waals surface area contributed by atoms with Gasteiger partial charge in [-0.25, -0.2) is 9.78 Å². The Kier molecular flexibility index (Phi) is 16.8. The van der Waals surface area contributed by atoms with Crippen molar-refractivity contribution < 1.29 is 38.6 Å². The molecule has 0 bridgehead atoms. The summed E-state index contributed by atoms with van der Waals surface area (Å²) in [4.78, 5) is 73.8. The first-order chi connectivity index (χ1) is 28.2. The highest BCUT2D eigenvalue weighted by Gasteiger charge is 2.38. The van der Waals surface area contributed by atoms with Gasteiger partial charge in [0, 0.05) is 36.8 Å². The first-order valence-corrected chi connectivity index (χ1v) is 21.0. The first-order valence-electron chi connectivity index (χ1n) is 21.0. The number of ketones is 1. The average molecular weight is 828 g/mol. The van der Waals surface area contributed by atoms with E-state index in [2.05, 4.69) is 34.8 Å². The number of benzene rings is 1. The fraction of sp³-hybridized carbons (Fsp3) is 0.532. The summed E-state index contributed by atoms with van der Waals surface area (Å²) in [6.07, 6.45) is 6.06. The standard InChI is InChI=1S/C47H65N5O8/c1-28(2)23-36(50-46(58)60-47(8,9)10)20-19-35(24-33-15-12-11-13-16-33)45(57)52-22-14-17-39(52)44(56)51-38(43(55)49-29(3)4)25-34-18-21-40(48-26-34)59-27-37-32(7)41(53)30(5)31(6)42(37)54/h11-13,15-16,18-21,26,28-29,35-36,38-39,41,53H,14,17,22-25,27H2,1-10H3,(H,49,55)(H,50,58)(H,51,56)/b20-19+/t35-,36-,38+,39+,41?/m1/s1. The second-order valence-corrected chi connectivity index (χ2v) is 17.7. The van der Waals surface area contributed by atoms with E-state index in [0.29, 0.717) is 60.1 Å². The number of nitrogens with zero attached hydrogens (tertiary/aromatic N) is 2. The van der Waals surface area contributed by atoms with Crippen LogP contribution < -0.4 is 20.7 Å². The lowest BCUT2D eigenvalue weighted by Gasteiger charge is -2.29. The van der Waals surface area contributed by atoms with E-state index < -0.39 is 41.7 Å². The first kappa shape index (κ1) is 47.4. The van der Waals surface area contributed by atoms with Gasteiger partial charge in [0.25, 0.3) is 0 Å². The number of aliphatic hydroxyl groups is 1. The summed E-state index contributed by atoms with van der Waals surface area (Å²) in [5.74, 6) is -1.31. The van der Waals surface area contributed by atoms with Gasteiger partial charge >= 0.3 is 6.09 Å². The highest BCUT2D eigenvalue weighted by atomic mass is 16.6. The van der Waals surface area contributed by atoms with E-state index >= 15 is 0 Å². The van der Waals surface area contributed by atoms with Crippen LogP contribution in [0, 0.1) is 11.8 Å². The molecule has 1 aromatic carbocycles. The van der Waals surface area contributed by atoms with Crippen molar-refractivity contribution in [3.63, 3.8) is 0 Å². The molecule has 0 radical (unpaired) electrons. The number of hydrogen-bond acceptors (Lipinski definition) is 9. The molecule has 2 aromatic rings. The van der Waals surface area contributed by atoms with Crippen molar-refractivity contribution in [3.05, 3.63) is 94.2 Å². The largest absolute Gasteiger partial charge is 0.473 e. The topological polar surface area (TPSA) is 176 Å². The molecule has 1 unspecified atom stereocenters. The van der Waals surface area contributed by atoms with Gasteiger partial charge in [-0.3, -0.25) is 19.2 Å². The lowest BCUT2D eigenvalue weighted by molar-refractivity contribution is -0.141. The molecule has 0 spiro atoms. The number of rotatable bonds is 17. The van der Waals surface area contributed by atoms with Crippen molar-refractivity contribution in [2.45, 2.75) is 137 Å². The fourth-order valence-corrected chi connectivity index (χ4v) is 7.36. The number of carbonyl (C=O) groups is 5. The molecule has 2 aliphatic rings. The van der Waals surface area contributed by atoms with Gasteiger partial charge in [-0.2, -0.15) is 0 Å². The van der Waals surface area contributed by atoms with Crippen LogP contribution in [0.4, 0.5) is 4.79 Å². The highest BCUT2D eigenvalue weighted by Crippen LogP contribution is 2.28. The SMILES string of the molecule is CC1=C(C)C(O)C(C)=C(COc2ccc(C[C@H](NC(=O)[C@@H]3CCCN3C(=O)[C@H](/C=C/[C@H](CC(C)C)NC(=O)OC(C)(C)C)Cc3ccccc3)C(=O)NC(C)C)cn2)C1=O. The van der Waals surface area contributed by atoms with E-state index in [0.717, 1.165) is 5.56 Å². The molecule has 1 aliphatic heterocycles. The van der Waals surface area contributed by atoms with Gasteiger partial charge in [0.1, 0.15) is 24.3 Å². The Balaban J connectivity index is 1.50. The van der Waals surface area contributed by atoms with E-state index in [1.807, 2.05) is 56.3 Å². The third-order valence-electron chi connectivity index (χ3n) is 10.6. The van der Waals surface area contributed by atoms with Crippen LogP contribution in [-0.2, 0) is 36.8 Å². The number of amides is 4. The third kappa shape index (κ3) is 13.6. The van der Waals surface area contributed by atoms with Gasteiger partial charge in [0.05, 0.1) is 18.1 Å². The van der Waals surface area contributed by atoms with Crippen molar-refractivity contribution >= 4 is 29.6 Å². The summed E-state index contributed by atoms with van der Waals surface area (Å²) in [7, 11) is 0. The predicted molar refractivity (Wildman–Crippen MR) is 231 cm³/mol. The molecule has 60 heavy (non-hydrogen) atoms. The van der Waals surface area contributed by atoms with Crippen LogP contribution in [-0.4, -0.2) is 93.6 Å². The number of pyridine rings is 1. The van der Waals surface area contributed by atoms with Gasteiger partial charge in [-0.05, 0) is 115 Å². The van der Waals surface area contributed by atoms with Crippen LogP contribution in [0.25, 0.3) is 0 Å². The van der Waals surface area contributed by atoms with E-state index in [4.69, 9.17) is 9.47 Å². The molecule has 326 valence electrons. The smallest absolute Gasteiger partial charge is 0.408 e. The highest BCUT2D eigenvalue weighted by molar-refractivity contribution is 6.10. The lowest BCUT2D eigenvalue weighted by atomic mass is 9.85. The predicted octanol–water partition coefficient (Wildman–Crippen LogP) is 5.95. The summed E-state index contributed by atoms with van der Waals surface area (Å²) in [6.45, 7) is 18.6. The number of aromatic nitrogens is 1. The number of hydrogen-bond donors (Lipinski definition) is 4. The molecule has 0 saturated carbocycles. The number of nitrogens with one attached hydrogen (secondary N) is 3. The monoisotopic (exact) mass is 827 g/mol. The Morgan fingerprint density at radius 3 is 2.23 bits per heavy atom. The Bertz CT molecular complexity index is 1930. The van der Waals surface area contributed by atoms with E-state index in [-0.39, 0.29) is 54.5 Å². The molecule has 2 heterocycles. The summed E-state index contributed by atoms with van der Waals surface area (Å²) >= 11 is 0. The Morgan fingerprint density at radius 1 is 0.917 bits per heavy atom. The summed E-state index contributed by atoms with van der Waals surface area (Å²) in [5.41, 5.74) is 2.99. The summed E-state index contributed by atoms with van der Waals surface area (Å²) < 4.78 is 11.4. The third-order valence-corrected chi connectivity index (χ3v) is 10.6. The lowest BCUT2D eigenvalue weighted by Crippen LogP contribution is -2.55. The maximum absolute atomic E-state index is 14.5. The van der Waals surface area contributed by atoms with Gasteiger partial charge < -0.3 is 35.4 Å². The van der Waals surface area contributed by atoms with E-state index in [1.54, 1.807) is 64.8 Å². The molecule has 1 aromatic heterocycles. The number of carbonyl (C=O) groups excluding carboxylic acids is 5. The Labute approximate surface area is 355 Å². The second kappa shape index (κ2) is 21.3. The van der Waals surface area contributed by atoms with Crippen molar-refractivity contribution in [3.8, 4) is 5.88 Å². The minimum Gasteiger partial charge on any atom is -0.473 e. The van der Waals surface area contributed by atoms with Gasteiger partial charge in [0.15, 0.2) is 5.78 Å². The molecule has 1 saturated heterocycles. The zero-order valence-corrected chi connectivity index (χ0v) is 37.0. The van der Waals surface area contributed by atoms with Crippen LogP contribution in [0.1, 0.15) is 99.6 Å². The summed E-state index contributed by atoms with van der Waals surface area (Å²) in [5, 5.41) is 19.3. The van der Waals surface area contributed by atoms with Crippen LogP contribution in [0.5, 0.6) is 5.88 Å². The molecule has 13 heteroatoms. The minimum absolute atomic E-state index is 0.0612. The zero-order valence-electron chi connectivity index (χ0n) is 37.0. The molecular formula is C47H65N5O8. The number of Topliss-reactive ketones (excluding diaryl/α,β-unsaturated/α-hetero) is 1. The van der Waals surface area contributed by atoms with Crippen molar-refractivity contribution in [1.82, 2.24) is 25.8 Å². The van der Waals surface area contributed by atoms with Gasteiger partial charge in [-0.1, -0.05) is 62.4 Å². The quantitative estimate of drug-likeness (QED) is 0.140. The molecule has 4 amide bonds. The molecular weight excluding hydrogens is 763 g/mol. The minimum atomic E-state index is -0.964. The van der Waals surface area contributed by atoms with Crippen molar-refractivity contribution in [2.75, 3.05) is 13.2 Å². The van der Waals surface area contributed by atoms with Gasteiger partial charge in [-0.15, -0.1) is 0 Å². The number of ether oxygens (including phenoxy) is 2. The number of alkyl carbamates (subject to hydrolysis) is 1. The number of allylic oxidation sites excluding steroid dienone is 1. The molecule has 4 N–H and O–H groups in total. The van der Waals surface area contributed by atoms with Crippen molar-refractivity contribution in [2.24, 2.45) is 11.8 Å². The average Bonchev–Trinajstić information content (AvgIpc) is 3.67. The van der Waals surface area contributed by atoms with E-state index in [1.165, 1.54) is 0 Å². The van der Waals surface area contributed by atoms with Crippen LogP contribution in [0.3, 0.4) is 0 Å². The van der Waals surface area contributed by atoms with Gasteiger partial charge in [0.2, 0.25) is 23.6 Å². The Hall–Kier alpha value is -5.30. The molecule has 5 atom stereocenters. The maximum Gasteiger partial charge on any atom is 0.408 e. The van der Waals surface area contributed by atoms with Crippen LogP contribution in [0.15, 0.2) is 83.1 Å². The Morgan fingerprint density at radius 2 is 1.62 bits per heavy atom. The van der Waals surface area contributed by atoms with Crippen molar-refractivity contribution in [1.29, 1.82) is 0 Å². The summed E-state index contributed by atoms with van der Waals surface area (Å²) in [6, 6.07) is 10.7. The molecule has 4 rings (SSSR count). The van der Waals surface area contributed by atoms with E-state index in [9.17, 15) is 29.1 Å². The fourth-order valence-electron chi connectivity index (χ4n) is 7.36. The van der Waals surface area contributed by atoms with Crippen LogP contribution >= 0.6 is 0 Å². The molecule has 1 fully saturated rings. The van der Waals surface area contributed by atoms with Crippen LogP contribution in [0.2, 0.25) is 0 Å². The number of likely N-dealkylation sites (tertiary alicyclic amines) is 1. The number of aliphatic hydroxyl groups excluding tert-OH is 1. The molecule has 1 aliphatic carbocycles. The zero-order chi connectivity index (χ0) is 44.3.